The average molecular weight is 172 g/mol. The molecule has 0 radical (unpaired) electrons. The number of hydrogen-bond donors (Lipinski definition) is 2. The molecule has 2 N–H and O–H groups in total. The van der Waals surface area contributed by atoms with Crippen LogP contribution in [0.5, 0.6) is 0 Å². The summed E-state index contributed by atoms with van der Waals surface area (Å²) in [6, 6.07) is -0.579. The highest BCUT2D eigenvalue weighted by molar-refractivity contribution is 6.07. The maximum Gasteiger partial charge on any atom is 0.322 e. The van der Waals surface area contributed by atoms with Crippen molar-refractivity contribution in [1.29, 1.82) is 0 Å². The van der Waals surface area contributed by atoms with Gasteiger partial charge in [0, 0.05) is 0 Å². The molecule has 2 fully saturated rings. The van der Waals surface area contributed by atoms with Crippen LogP contribution in [0.4, 0.5) is 9.18 Å². The van der Waals surface area contributed by atoms with Gasteiger partial charge in [-0.3, -0.25) is 10.1 Å². The zero-order chi connectivity index (χ0) is 8.77. The van der Waals surface area contributed by atoms with E-state index in [0.29, 0.717) is 19.3 Å². The molecule has 1 aliphatic heterocycles. The van der Waals surface area contributed by atoms with E-state index >= 15 is 0 Å². The molecule has 5 heteroatoms. The van der Waals surface area contributed by atoms with Gasteiger partial charge in [0.05, 0.1) is 0 Å². The molecule has 0 bridgehead atoms. The van der Waals surface area contributed by atoms with Crippen molar-refractivity contribution in [2.75, 3.05) is 0 Å². The van der Waals surface area contributed by atoms with E-state index in [2.05, 4.69) is 10.6 Å². The van der Waals surface area contributed by atoms with Crippen LogP contribution in [0.15, 0.2) is 0 Å². The lowest BCUT2D eigenvalue weighted by atomic mass is 9.97. The van der Waals surface area contributed by atoms with Gasteiger partial charge >= 0.3 is 6.03 Å². The number of carbonyl (C=O) groups excluding carboxylic acids is 2. The van der Waals surface area contributed by atoms with Crippen molar-refractivity contribution in [3.05, 3.63) is 0 Å². The molecule has 2 aliphatic rings. The second-order valence-corrected chi connectivity index (χ2v) is 3.24. The quantitative estimate of drug-likeness (QED) is 0.508. The van der Waals surface area contributed by atoms with Crippen molar-refractivity contribution in [2.45, 2.75) is 31.0 Å². The van der Waals surface area contributed by atoms with E-state index in [4.69, 9.17) is 0 Å². The van der Waals surface area contributed by atoms with Crippen molar-refractivity contribution >= 4 is 11.9 Å². The van der Waals surface area contributed by atoms with Crippen molar-refractivity contribution in [1.82, 2.24) is 10.6 Å². The molecule has 0 aromatic carbocycles. The molecule has 2 unspecified atom stereocenters. The Morgan fingerprint density at radius 2 is 2.25 bits per heavy atom. The van der Waals surface area contributed by atoms with Crippen molar-refractivity contribution in [3.8, 4) is 0 Å². The molecule has 1 spiro atoms. The van der Waals surface area contributed by atoms with E-state index in [1.54, 1.807) is 0 Å². The third kappa shape index (κ3) is 0.761. The van der Waals surface area contributed by atoms with Gasteiger partial charge in [-0.05, 0) is 19.3 Å². The van der Waals surface area contributed by atoms with Crippen LogP contribution in [0.2, 0.25) is 0 Å². The summed E-state index contributed by atoms with van der Waals surface area (Å²) < 4.78 is 13.2. The van der Waals surface area contributed by atoms with Gasteiger partial charge in [0.25, 0.3) is 5.91 Å². The molecule has 1 saturated carbocycles. The van der Waals surface area contributed by atoms with Crippen LogP contribution in [0.25, 0.3) is 0 Å². The Kier molecular flexibility index (Phi) is 1.37. The first-order valence-electron chi connectivity index (χ1n) is 3.93. The van der Waals surface area contributed by atoms with Gasteiger partial charge in [-0.1, -0.05) is 0 Å². The summed E-state index contributed by atoms with van der Waals surface area (Å²) in [6.45, 7) is 0. The first-order valence-corrected chi connectivity index (χ1v) is 3.93. The van der Waals surface area contributed by atoms with Gasteiger partial charge in [0.15, 0.2) is 5.54 Å². The number of alkyl halides is 1. The molecule has 66 valence electrons. The number of amides is 3. The highest BCUT2D eigenvalue weighted by Gasteiger charge is 2.55. The molecule has 0 aromatic heterocycles. The van der Waals surface area contributed by atoms with E-state index in [1.165, 1.54) is 0 Å². The molecule has 1 heterocycles. The van der Waals surface area contributed by atoms with Gasteiger partial charge in [-0.15, -0.1) is 0 Å². The number of hydrogen-bond acceptors (Lipinski definition) is 2. The smallest absolute Gasteiger partial charge is 0.321 e. The monoisotopic (exact) mass is 172 g/mol. The van der Waals surface area contributed by atoms with Crippen LogP contribution in [-0.4, -0.2) is 23.6 Å². The Bertz CT molecular complexity index is 256. The van der Waals surface area contributed by atoms with Crippen LogP contribution in [-0.2, 0) is 4.79 Å². The molecule has 0 aromatic rings. The molecule has 1 aliphatic carbocycles. The third-order valence-corrected chi connectivity index (χ3v) is 2.53. The van der Waals surface area contributed by atoms with Crippen molar-refractivity contribution in [3.63, 3.8) is 0 Å². The minimum atomic E-state index is -1.24. The van der Waals surface area contributed by atoms with E-state index < -0.39 is 23.6 Å². The Balaban J connectivity index is 2.31. The van der Waals surface area contributed by atoms with Crippen molar-refractivity contribution in [2.24, 2.45) is 0 Å². The zero-order valence-corrected chi connectivity index (χ0v) is 6.39. The topological polar surface area (TPSA) is 58.2 Å². The maximum atomic E-state index is 13.2. The summed E-state index contributed by atoms with van der Waals surface area (Å²) in [5.41, 5.74) is -1.24. The Morgan fingerprint density at radius 3 is 2.67 bits per heavy atom. The summed E-state index contributed by atoms with van der Waals surface area (Å²) >= 11 is 0. The molecular weight excluding hydrogens is 163 g/mol. The number of imide groups is 1. The first-order chi connectivity index (χ1) is 5.65. The lowest BCUT2D eigenvalue weighted by Gasteiger charge is -2.21. The highest BCUT2D eigenvalue weighted by Crippen LogP contribution is 2.34. The lowest BCUT2D eigenvalue weighted by molar-refractivity contribution is -0.125. The number of nitrogens with one attached hydrogen (secondary N) is 2. The van der Waals surface area contributed by atoms with Gasteiger partial charge < -0.3 is 5.32 Å². The van der Waals surface area contributed by atoms with Gasteiger partial charge in [-0.2, -0.15) is 0 Å². The predicted octanol–water partition coefficient (Wildman–Crippen LogP) is 0.0866. The minimum Gasteiger partial charge on any atom is -0.321 e. The van der Waals surface area contributed by atoms with Crippen LogP contribution in [0.3, 0.4) is 0 Å². The molecule has 12 heavy (non-hydrogen) atoms. The lowest BCUT2D eigenvalue weighted by Crippen LogP contribution is -2.51. The van der Waals surface area contributed by atoms with Crippen LogP contribution < -0.4 is 10.6 Å². The number of carbonyl (C=O) groups is 2. The Labute approximate surface area is 68.5 Å². The van der Waals surface area contributed by atoms with E-state index in [0.717, 1.165) is 0 Å². The predicted molar refractivity (Wildman–Crippen MR) is 38.2 cm³/mol. The largest absolute Gasteiger partial charge is 0.322 e. The highest BCUT2D eigenvalue weighted by atomic mass is 19.1. The molecule has 4 nitrogen and oxygen atoms in total. The van der Waals surface area contributed by atoms with Gasteiger partial charge in [0.2, 0.25) is 0 Å². The normalized spacial score (nSPS) is 40.2. The third-order valence-electron chi connectivity index (χ3n) is 2.53. The molecule has 1 saturated heterocycles. The van der Waals surface area contributed by atoms with Crippen molar-refractivity contribution < 1.29 is 14.0 Å². The summed E-state index contributed by atoms with van der Waals surface area (Å²) in [5, 5.41) is 4.41. The summed E-state index contributed by atoms with van der Waals surface area (Å²) in [6.07, 6.45) is 0.179. The Morgan fingerprint density at radius 1 is 1.50 bits per heavy atom. The van der Waals surface area contributed by atoms with E-state index in [9.17, 15) is 14.0 Å². The number of halogens is 1. The van der Waals surface area contributed by atoms with Crippen LogP contribution in [0, 0.1) is 0 Å². The second-order valence-electron chi connectivity index (χ2n) is 3.24. The van der Waals surface area contributed by atoms with Crippen LogP contribution >= 0.6 is 0 Å². The van der Waals surface area contributed by atoms with Gasteiger partial charge in [-0.25, -0.2) is 9.18 Å². The summed E-state index contributed by atoms with van der Waals surface area (Å²) in [5.74, 6) is -0.516. The molecule has 2 atom stereocenters. The second kappa shape index (κ2) is 2.18. The fourth-order valence-corrected chi connectivity index (χ4v) is 1.86. The van der Waals surface area contributed by atoms with E-state index in [-0.39, 0.29) is 0 Å². The molecule has 2 rings (SSSR count). The first kappa shape index (κ1) is 7.52. The number of urea groups is 1. The average Bonchev–Trinajstić information content (AvgIpc) is 2.44. The maximum absolute atomic E-state index is 13.2. The number of rotatable bonds is 0. The molecule has 3 amide bonds. The molecular formula is C7H9FN2O2. The summed E-state index contributed by atoms with van der Waals surface area (Å²) in [4.78, 5) is 21.9. The standard InChI is InChI=1S/C7H9FN2O2/c8-4-2-1-3-7(4)5(11)9-6(12)10-7/h4H,1-3H2,(H2,9,10,11,12). The fourth-order valence-electron chi connectivity index (χ4n) is 1.86. The van der Waals surface area contributed by atoms with Crippen LogP contribution in [0.1, 0.15) is 19.3 Å². The SMILES string of the molecule is O=C1NC(=O)C2(CCCC2F)N1. The minimum absolute atomic E-state index is 0.355. The zero-order valence-electron chi connectivity index (χ0n) is 6.39. The summed E-state index contributed by atoms with van der Waals surface area (Å²) in [7, 11) is 0. The van der Waals surface area contributed by atoms with E-state index in [1.807, 2.05) is 0 Å². The van der Waals surface area contributed by atoms with Gasteiger partial charge in [0.1, 0.15) is 6.17 Å². The fraction of sp³-hybridized carbons (Fsp3) is 0.714. The Hall–Kier alpha value is -1.13.